The SMILES string of the molecule is O=P(O)(O)OC1C(OP(=O)(O)O)C(OP(=O)(O)O)[C@H](O)[C@@H](O)C1OP(=O)(O)O. The molecule has 28 heavy (non-hydrogen) atoms. The van der Waals surface area contributed by atoms with E-state index in [1.54, 1.807) is 0 Å². The van der Waals surface area contributed by atoms with Gasteiger partial charge >= 0.3 is 31.3 Å². The molecule has 0 radical (unpaired) electrons. The zero-order valence-corrected chi connectivity index (χ0v) is 16.6. The van der Waals surface area contributed by atoms with Crippen molar-refractivity contribution in [3.05, 3.63) is 0 Å². The summed E-state index contributed by atoms with van der Waals surface area (Å²) in [5.74, 6) is 0. The van der Waals surface area contributed by atoms with Crippen LogP contribution in [0.25, 0.3) is 0 Å². The lowest BCUT2D eigenvalue weighted by molar-refractivity contribution is -0.209. The lowest BCUT2D eigenvalue weighted by atomic mass is 9.85. The minimum absolute atomic E-state index is 2.60. The Morgan fingerprint density at radius 2 is 0.607 bits per heavy atom. The van der Waals surface area contributed by atoms with E-state index in [0.717, 1.165) is 0 Å². The number of phosphoric ester groups is 4. The summed E-state index contributed by atoms with van der Waals surface area (Å²) in [6, 6.07) is 0. The molecular formula is C6H16O18P4. The summed E-state index contributed by atoms with van der Waals surface area (Å²) in [5.41, 5.74) is 0. The molecule has 168 valence electrons. The second kappa shape index (κ2) is 8.85. The molecular weight excluding hydrogens is 484 g/mol. The zero-order valence-electron chi connectivity index (χ0n) is 13.0. The molecule has 0 aliphatic heterocycles. The maximum Gasteiger partial charge on any atom is 0.470 e. The third kappa shape index (κ3) is 8.62. The fraction of sp³-hybridized carbons (Fsp3) is 1.00. The highest BCUT2D eigenvalue weighted by Gasteiger charge is 2.58. The van der Waals surface area contributed by atoms with Gasteiger partial charge in [-0.2, -0.15) is 0 Å². The summed E-state index contributed by atoms with van der Waals surface area (Å²) >= 11 is 0. The highest BCUT2D eigenvalue weighted by atomic mass is 31.2. The van der Waals surface area contributed by atoms with Crippen LogP contribution in [0.5, 0.6) is 0 Å². The fourth-order valence-corrected chi connectivity index (χ4v) is 4.51. The first-order valence-electron chi connectivity index (χ1n) is 6.52. The molecule has 0 aromatic carbocycles. The van der Waals surface area contributed by atoms with Crippen molar-refractivity contribution in [3.63, 3.8) is 0 Å². The molecule has 0 aromatic heterocycles. The first kappa shape index (κ1) is 26.4. The maximum atomic E-state index is 11.1. The molecule has 18 nitrogen and oxygen atoms in total. The van der Waals surface area contributed by atoms with Gasteiger partial charge in [0, 0.05) is 0 Å². The lowest BCUT2D eigenvalue weighted by Crippen LogP contribution is -2.65. The summed E-state index contributed by atoms with van der Waals surface area (Å²) in [6.07, 6.45) is -15.9. The Hall–Kier alpha value is 0.360. The number of rotatable bonds is 8. The maximum absolute atomic E-state index is 11.1. The van der Waals surface area contributed by atoms with Gasteiger partial charge in [-0.25, -0.2) is 18.3 Å². The van der Waals surface area contributed by atoms with E-state index in [4.69, 9.17) is 39.1 Å². The predicted molar refractivity (Wildman–Crippen MR) is 79.7 cm³/mol. The van der Waals surface area contributed by atoms with Gasteiger partial charge < -0.3 is 49.4 Å². The van der Waals surface area contributed by atoms with Crippen LogP contribution in [0.2, 0.25) is 0 Å². The number of aliphatic hydroxyl groups excluding tert-OH is 2. The van der Waals surface area contributed by atoms with E-state index < -0.39 is 67.9 Å². The summed E-state index contributed by atoms with van der Waals surface area (Å²) in [6.45, 7) is 0. The first-order valence-corrected chi connectivity index (χ1v) is 12.6. The number of aliphatic hydroxyl groups is 2. The summed E-state index contributed by atoms with van der Waals surface area (Å²) in [5, 5.41) is 19.8. The molecule has 10 N–H and O–H groups in total. The second-order valence-electron chi connectivity index (χ2n) is 5.22. The summed E-state index contributed by atoms with van der Waals surface area (Å²) in [7, 11) is -22.5. The second-order valence-corrected chi connectivity index (χ2v) is 9.99. The third-order valence-electron chi connectivity index (χ3n) is 3.03. The third-order valence-corrected chi connectivity index (χ3v) is 5.10. The van der Waals surface area contributed by atoms with Gasteiger partial charge in [0.2, 0.25) is 0 Å². The van der Waals surface area contributed by atoms with Crippen LogP contribution in [-0.4, -0.2) is 86.0 Å². The van der Waals surface area contributed by atoms with E-state index in [1.807, 2.05) is 0 Å². The number of hydrogen-bond acceptors (Lipinski definition) is 10. The first-order chi connectivity index (χ1) is 12.2. The quantitative estimate of drug-likeness (QED) is 0.145. The molecule has 1 rings (SSSR count). The normalized spacial score (nSPS) is 33.1. The molecule has 1 saturated carbocycles. The van der Waals surface area contributed by atoms with Gasteiger partial charge in [0.25, 0.3) is 0 Å². The minimum Gasteiger partial charge on any atom is -0.387 e. The largest absolute Gasteiger partial charge is 0.470 e. The Kier molecular flexibility index (Phi) is 8.34. The van der Waals surface area contributed by atoms with Gasteiger partial charge in [0.15, 0.2) is 0 Å². The summed E-state index contributed by atoms with van der Waals surface area (Å²) < 4.78 is 60.6. The summed E-state index contributed by atoms with van der Waals surface area (Å²) in [4.78, 5) is 71.1. The van der Waals surface area contributed by atoms with Crippen LogP contribution in [0.3, 0.4) is 0 Å². The molecule has 1 fully saturated rings. The van der Waals surface area contributed by atoms with Crippen molar-refractivity contribution < 1.29 is 85.7 Å². The molecule has 22 heteroatoms. The van der Waals surface area contributed by atoms with Crippen molar-refractivity contribution >= 4 is 31.3 Å². The molecule has 0 aromatic rings. The molecule has 0 spiro atoms. The monoisotopic (exact) mass is 500 g/mol. The van der Waals surface area contributed by atoms with E-state index in [1.165, 1.54) is 0 Å². The number of phosphoric acid groups is 4. The average molecular weight is 500 g/mol. The van der Waals surface area contributed by atoms with Crippen molar-refractivity contribution in [2.45, 2.75) is 36.6 Å². The van der Waals surface area contributed by atoms with Gasteiger partial charge in [-0.15, -0.1) is 0 Å². The highest BCUT2D eigenvalue weighted by molar-refractivity contribution is 7.47. The molecule has 1 aliphatic carbocycles. The highest BCUT2D eigenvalue weighted by Crippen LogP contribution is 2.52. The topological polar surface area (TPSA) is 308 Å². The Bertz CT molecular complexity index is 664. The smallest absolute Gasteiger partial charge is 0.387 e. The molecule has 0 amide bonds. The minimum atomic E-state index is -5.67. The van der Waals surface area contributed by atoms with Crippen molar-refractivity contribution in [2.75, 3.05) is 0 Å². The molecule has 0 bridgehead atoms. The molecule has 0 heterocycles. The Balaban J connectivity index is 3.53. The Labute approximate surface area is 154 Å². The van der Waals surface area contributed by atoms with Crippen molar-refractivity contribution in [1.82, 2.24) is 0 Å². The van der Waals surface area contributed by atoms with E-state index in [0.29, 0.717) is 0 Å². The Morgan fingerprint density at radius 1 is 0.429 bits per heavy atom. The van der Waals surface area contributed by atoms with Gasteiger partial charge in [0.1, 0.15) is 36.6 Å². The van der Waals surface area contributed by atoms with Gasteiger partial charge in [0.05, 0.1) is 0 Å². The molecule has 6 atom stereocenters. The standard InChI is InChI=1S/C6H16O18P4/c7-1-2(8)4(22-26(12,13)14)6(24-28(18,19)20)5(23-27(15,16)17)3(1)21-25(9,10)11/h1-8H,(H2,9,10,11)(H2,12,13,14)(H2,15,16,17)(H2,18,19,20)/t1-,2-,3?,4?,5?,6?/m1/s1. The average Bonchev–Trinajstić information content (AvgIpc) is 2.39. The number of hydrogen-bond donors (Lipinski definition) is 10. The predicted octanol–water partition coefficient (Wildman–Crippen LogP) is -3.37. The fourth-order valence-electron chi connectivity index (χ4n) is 2.27. The van der Waals surface area contributed by atoms with E-state index in [9.17, 15) is 28.5 Å². The van der Waals surface area contributed by atoms with Crippen LogP contribution >= 0.6 is 31.3 Å². The van der Waals surface area contributed by atoms with Crippen LogP contribution in [0.4, 0.5) is 0 Å². The van der Waals surface area contributed by atoms with E-state index in [2.05, 4.69) is 18.1 Å². The van der Waals surface area contributed by atoms with Crippen molar-refractivity contribution in [1.29, 1.82) is 0 Å². The molecule has 0 saturated heterocycles. The van der Waals surface area contributed by atoms with Crippen LogP contribution < -0.4 is 0 Å². The zero-order chi connectivity index (χ0) is 22.3. The van der Waals surface area contributed by atoms with E-state index >= 15 is 0 Å². The Morgan fingerprint density at radius 3 is 0.786 bits per heavy atom. The lowest BCUT2D eigenvalue weighted by Gasteiger charge is -2.45. The van der Waals surface area contributed by atoms with Crippen LogP contribution in [-0.2, 0) is 36.4 Å². The van der Waals surface area contributed by atoms with Gasteiger partial charge in [-0.1, -0.05) is 0 Å². The van der Waals surface area contributed by atoms with Gasteiger partial charge in [-0.05, 0) is 0 Å². The molecule has 4 unspecified atom stereocenters. The van der Waals surface area contributed by atoms with Gasteiger partial charge in [-0.3, -0.25) is 18.1 Å². The van der Waals surface area contributed by atoms with Crippen molar-refractivity contribution in [2.24, 2.45) is 0 Å². The van der Waals surface area contributed by atoms with Crippen LogP contribution in [0.1, 0.15) is 0 Å². The van der Waals surface area contributed by atoms with Crippen molar-refractivity contribution in [3.8, 4) is 0 Å². The molecule has 1 aliphatic rings. The van der Waals surface area contributed by atoms with Crippen LogP contribution in [0.15, 0.2) is 0 Å². The van der Waals surface area contributed by atoms with E-state index in [-0.39, 0.29) is 0 Å². The van der Waals surface area contributed by atoms with Crippen LogP contribution in [0, 0.1) is 0 Å².